The Hall–Kier alpha value is -0.970. The summed E-state index contributed by atoms with van der Waals surface area (Å²) in [5, 5.41) is 0. The first-order valence-corrected chi connectivity index (χ1v) is 4.89. The molecule has 0 saturated carbocycles. The summed E-state index contributed by atoms with van der Waals surface area (Å²) < 4.78 is 17.9. The van der Waals surface area contributed by atoms with Gasteiger partial charge in [0.25, 0.3) is 0 Å². The molecule has 0 aliphatic rings. The molecular formula is C9H9BrFNO2. The fourth-order valence-electron chi connectivity index (χ4n) is 0.913. The van der Waals surface area contributed by atoms with Crippen molar-refractivity contribution in [2.24, 2.45) is 0 Å². The van der Waals surface area contributed by atoms with E-state index in [2.05, 4.69) is 20.9 Å². The second-order valence-electron chi connectivity index (χ2n) is 2.56. The summed E-state index contributed by atoms with van der Waals surface area (Å²) in [5.41, 5.74) is 0.365. The monoisotopic (exact) mass is 261 g/mol. The Balaban J connectivity index is 2.68. The summed E-state index contributed by atoms with van der Waals surface area (Å²) in [6.45, 7) is 2.03. The molecule has 0 atom stereocenters. The number of carbonyl (C=O) groups is 1. The van der Waals surface area contributed by atoms with E-state index in [-0.39, 0.29) is 10.9 Å². The highest BCUT2D eigenvalue weighted by molar-refractivity contribution is 9.10. The SMILES string of the molecule is CCOC(=O)Cc1ccc(Br)c(F)n1. The van der Waals surface area contributed by atoms with Crippen molar-refractivity contribution in [2.45, 2.75) is 13.3 Å². The van der Waals surface area contributed by atoms with Gasteiger partial charge in [0.2, 0.25) is 5.95 Å². The number of aromatic nitrogens is 1. The van der Waals surface area contributed by atoms with Gasteiger partial charge < -0.3 is 4.74 Å². The van der Waals surface area contributed by atoms with Crippen LogP contribution in [0, 0.1) is 5.95 Å². The zero-order valence-electron chi connectivity index (χ0n) is 7.59. The summed E-state index contributed by atoms with van der Waals surface area (Å²) in [7, 11) is 0. The van der Waals surface area contributed by atoms with Gasteiger partial charge in [-0.15, -0.1) is 0 Å². The van der Waals surface area contributed by atoms with Gasteiger partial charge in [0, 0.05) is 0 Å². The molecule has 1 aromatic rings. The number of esters is 1. The lowest BCUT2D eigenvalue weighted by Crippen LogP contribution is -2.09. The number of carbonyl (C=O) groups excluding carboxylic acids is 1. The number of hydrogen-bond donors (Lipinski definition) is 0. The molecule has 76 valence electrons. The van der Waals surface area contributed by atoms with Crippen molar-refractivity contribution in [3.8, 4) is 0 Å². The average Bonchev–Trinajstić information content (AvgIpc) is 2.12. The van der Waals surface area contributed by atoms with Crippen LogP contribution in [0.3, 0.4) is 0 Å². The van der Waals surface area contributed by atoms with E-state index in [1.54, 1.807) is 13.0 Å². The minimum atomic E-state index is -0.619. The fourth-order valence-corrected chi connectivity index (χ4v) is 1.13. The lowest BCUT2D eigenvalue weighted by Gasteiger charge is -2.01. The summed E-state index contributed by atoms with van der Waals surface area (Å²) in [5.74, 6) is -1.02. The standard InChI is InChI=1S/C9H9BrFNO2/c1-2-14-8(13)5-6-3-4-7(10)9(11)12-6/h3-4H,2,5H2,1H3. The molecule has 1 heterocycles. The second-order valence-corrected chi connectivity index (χ2v) is 3.41. The van der Waals surface area contributed by atoms with E-state index in [0.29, 0.717) is 12.3 Å². The average molecular weight is 262 g/mol. The van der Waals surface area contributed by atoms with Crippen LogP contribution in [0.5, 0.6) is 0 Å². The molecule has 0 N–H and O–H groups in total. The zero-order chi connectivity index (χ0) is 10.6. The predicted molar refractivity (Wildman–Crippen MR) is 52.2 cm³/mol. The van der Waals surface area contributed by atoms with Crippen molar-refractivity contribution in [1.29, 1.82) is 0 Å². The molecule has 0 aromatic carbocycles. The van der Waals surface area contributed by atoms with Gasteiger partial charge in [0.1, 0.15) is 0 Å². The lowest BCUT2D eigenvalue weighted by molar-refractivity contribution is -0.142. The first-order chi connectivity index (χ1) is 6.63. The molecule has 0 fully saturated rings. The third-order valence-electron chi connectivity index (χ3n) is 1.49. The Bertz CT molecular complexity index is 344. The maximum absolute atomic E-state index is 12.9. The lowest BCUT2D eigenvalue weighted by atomic mass is 10.3. The van der Waals surface area contributed by atoms with Crippen molar-refractivity contribution in [1.82, 2.24) is 4.98 Å². The van der Waals surface area contributed by atoms with Crippen LogP contribution in [0.1, 0.15) is 12.6 Å². The van der Waals surface area contributed by atoms with Crippen LogP contribution in [0.15, 0.2) is 16.6 Å². The van der Waals surface area contributed by atoms with Crippen molar-refractivity contribution < 1.29 is 13.9 Å². The molecule has 5 heteroatoms. The van der Waals surface area contributed by atoms with Gasteiger partial charge in [-0.25, -0.2) is 4.98 Å². The molecular weight excluding hydrogens is 253 g/mol. The third-order valence-corrected chi connectivity index (χ3v) is 2.08. The summed E-state index contributed by atoms with van der Waals surface area (Å²) >= 11 is 2.97. The minimum absolute atomic E-state index is 0.00194. The van der Waals surface area contributed by atoms with Crippen molar-refractivity contribution in [2.75, 3.05) is 6.61 Å². The molecule has 14 heavy (non-hydrogen) atoms. The number of nitrogens with zero attached hydrogens (tertiary/aromatic N) is 1. The van der Waals surface area contributed by atoms with Crippen LogP contribution < -0.4 is 0 Å². The molecule has 0 aliphatic heterocycles. The largest absolute Gasteiger partial charge is 0.466 e. The highest BCUT2D eigenvalue weighted by atomic mass is 79.9. The van der Waals surface area contributed by atoms with E-state index in [4.69, 9.17) is 4.74 Å². The van der Waals surface area contributed by atoms with Gasteiger partial charge in [0.05, 0.1) is 23.2 Å². The molecule has 0 amide bonds. The summed E-state index contributed by atoms with van der Waals surface area (Å²) in [4.78, 5) is 14.6. The van der Waals surface area contributed by atoms with Gasteiger partial charge >= 0.3 is 5.97 Å². The van der Waals surface area contributed by atoms with Crippen molar-refractivity contribution in [3.63, 3.8) is 0 Å². The Morgan fingerprint density at radius 3 is 2.93 bits per heavy atom. The maximum atomic E-state index is 12.9. The molecule has 1 aromatic heterocycles. The van der Waals surface area contributed by atoms with Crippen LogP contribution in [0.4, 0.5) is 4.39 Å². The minimum Gasteiger partial charge on any atom is -0.466 e. The molecule has 1 rings (SSSR count). The van der Waals surface area contributed by atoms with Crippen LogP contribution >= 0.6 is 15.9 Å². The zero-order valence-corrected chi connectivity index (χ0v) is 9.17. The van der Waals surface area contributed by atoms with Crippen LogP contribution in [0.2, 0.25) is 0 Å². The van der Waals surface area contributed by atoms with Gasteiger partial charge in [-0.1, -0.05) is 0 Å². The van der Waals surface area contributed by atoms with Crippen LogP contribution in [0.25, 0.3) is 0 Å². The van der Waals surface area contributed by atoms with E-state index in [0.717, 1.165) is 0 Å². The van der Waals surface area contributed by atoms with E-state index in [9.17, 15) is 9.18 Å². The van der Waals surface area contributed by atoms with E-state index < -0.39 is 11.9 Å². The number of ether oxygens (including phenoxy) is 1. The Labute approximate surface area is 89.4 Å². The molecule has 0 aliphatic carbocycles. The van der Waals surface area contributed by atoms with E-state index in [1.807, 2.05) is 0 Å². The number of rotatable bonds is 3. The quantitative estimate of drug-likeness (QED) is 0.618. The van der Waals surface area contributed by atoms with E-state index in [1.165, 1.54) is 6.07 Å². The Morgan fingerprint density at radius 1 is 1.64 bits per heavy atom. The van der Waals surface area contributed by atoms with Gasteiger partial charge in [-0.2, -0.15) is 4.39 Å². The van der Waals surface area contributed by atoms with E-state index >= 15 is 0 Å². The smallest absolute Gasteiger partial charge is 0.311 e. The van der Waals surface area contributed by atoms with Gasteiger partial charge in [0.15, 0.2) is 0 Å². The van der Waals surface area contributed by atoms with Crippen LogP contribution in [-0.2, 0) is 16.0 Å². The van der Waals surface area contributed by atoms with Gasteiger partial charge in [-0.3, -0.25) is 4.79 Å². The normalized spacial score (nSPS) is 9.93. The summed E-state index contributed by atoms with van der Waals surface area (Å²) in [6.07, 6.45) is -0.00194. The second kappa shape index (κ2) is 5.05. The fraction of sp³-hybridized carbons (Fsp3) is 0.333. The molecule has 0 saturated heterocycles. The summed E-state index contributed by atoms with van der Waals surface area (Å²) in [6, 6.07) is 3.08. The molecule has 0 unspecified atom stereocenters. The highest BCUT2D eigenvalue weighted by Gasteiger charge is 2.07. The van der Waals surface area contributed by atoms with Gasteiger partial charge in [-0.05, 0) is 35.0 Å². The highest BCUT2D eigenvalue weighted by Crippen LogP contribution is 2.13. The number of halogens is 2. The van der Waals surface area contributed by atoms with Crippen LogP contribution in [-0.4, -0.2) is 17.6 Å². The third kappa shape index (κ3) is 3.06. The number of hydrogen-bond acceptors (Lipinski definition) is 3. The number of pyridine rings is 1. The first kappa shape index (κ1) is 11.1. The maximum Gasteiger partial charge on any atom is 0.311 e. The molecule has 0 spiro atoms. The predicted octanol–water partition coefficient (Wildman–Crippen LogP) is 2.09. The molecule has 3 nitrogen and oxygen atoms in total. The van der Waals surface area contributed by atoms with Crippen molar-refractivity contribution >= 4 is 21.9 Å². The molecule has 0 radical (unpaired) electrons. The van der Waals surface area contributed by atoms with Crippen molar-refractivity contribution in [3.05, 3.63) is 28.2 Å². The molecule has 0 bridgehead atoms. The topological polar surface area (TPSA) is 39.2 Å². The Morgan fingerprint density at radius 2 is 2.36 bits per heavy atom. The Kier molecular flexibility index (Phi) is 4.00. The first-order valence-electron chi connectivity index (χ1n) is 4.10.